The lowest BCUT2D eigenvalue weighted by molar-refractivity contribution is -0.181. The molecule has 0 radical (unpaired) electrons. The Morgan fingerprint density at radius 2 is 1.86 bits per heavy atom. The molecule has 0 aliphatic carbocycles. The summed E-state index contributed by atoms with van der Waals surface area (Å²) in [4.78, 5) is 0. The lowest BCUT2D eigenvalue weighted by Crippen LogP contribution is -2.47. The van der Waals surface area contributed by atoms with Crippen LogP contribution in [0.2, 0.25) is 0 Å². The lowest BCUT2D eigenvalue weighted by Gasteiger charge is -2.37. The summed E-state index contributed by atoms with van der Waals surface area (Å²) in [6.45, 7) is -0.389. The van der Waals surface area contributed by atoms with Crippen LogP contribution in [0.4, 0.5) is 0 Å². The van der Waals surface area contributed by atoms with Crippen molar-refractivity contribution in [2.45, 2.75) is 30.8 Å². The SMILES string of the molecule is OCC1OC(c2c(O)ccc3ccccc23)C[C@@H](O)[C@@H]1O. The highest BCUT2D eigenvalue weighted by Gasteiger charge is 2.38. The fraction of sp³-hybridized carbons (Fsp3) is 0.375. The summed E-state index contributed by atoms with van der Waals surface area (Å²) in [5.74, 6) is 0.0824. The number of aromatic hydroxyl groups is 1. The number of rotatable bonds is 2. The summed E-state index contributed by atoms with van der Waals surface area (Å²) in [5.41, 5.74) is 0.581. The van der Waals surface area contributed by atoms with Crippen molar-refractivity contribution in [2.75, 3.05) is 6.61 Å². The zero-order valence-electron chi connectivity index (χ0n) is 11.4. The summed E-state index contributed by atoms with van der Waals surface area (Å²) in [5, 5.41) is 41.0. The molecule has 4 N–H and O–H groups in total. The molecule has 1 heterocycles. The second-order valence-corrected chi connectivity index (χ2v) is 5.36. The molecule has 4 atom stereocenters. The van der Waals surface area contributed by atoms with Crippen molar-refractivity contribution < 1.29 is 25.2 Å². The highest BCUT2D eigenvalue weighted by Crippen LogP contribution is 2.40. The molecule has 0 saturated carbocycles. The van der Waals surface area contributed by atoms with Crippen LogP contribution < -0.4 is 0 Å². The predicted octanol–water partition coefficient (Wildman–Crippen LogP) is 1.09. The van der Waals surface area contributed by atoms with Crippen LogP contribution in [0.25, 0.3) is 10.8 Å². The molecular formula is C16H18O5. The van der Waals surface area contributed by atoms with Crippen LogP contribution >= 0.6 is 0 Å². The van der Waals surface area contributed by atoms with E-state index < -0.39 is 24.4 Å². The topological polar surface area (TPSA) is 90.2 Å². The first-order valence-electron chi connectivity index (χ1n) is 6.95. The Kier molecular flexibility index (Phi) is 3.82. The first kappa shape index (κ1) is 14.3. The molecule has 5 nitrogen and oxygen atoms in total. The molecule has 2 unspecified atom stereocenters. The van der Waals surface area contributed by atoms with Crippen LogP contribution in [0.3, 0.4) is 0 Å². The number of fused-ring (bicyclic) bond motifs is 1. The molecule has 0 bridgehead atoms. The van der Waals surface area contributed by atoms with Gasteiger partial charge in [0, 0.05) is 12.0 Å². The summed E-state index contributed by atoms with van der Waals surface area (Å²) >= 11 is 0. The maximum atomic E-state index is 10.2. The van der Waals surface area contributed by atoms with Gasteiger partial charge in [0.25, 0.3) is 0 Å². The number of phenolic OH excluding ortho intramolecular Hbond substituents is 1. The zero-order valence-corrected chi connectivity index (χ0v) is 11.4. The van der Waals surface area contributed by atoms with Crippen LogP contribution in [0.1, 0.15) is 18.1 Å². The minimum absolute atomic E-state index is 0.0824. The van der Waals surface area contributed by atoms with Gasteiger partial charge in [-0.1, -0.05) is 30.3 Å². The number of benzene rings is 2. The van der Waals surface area contributed by atoms with Crippen LogP contribution in [0, 0.1) is 0 Å². The van der Waals surface area contributed by atoms with E-state index in [4.69, 9.17) is 4.74 Å². The summed E-state index contributed by atoms with van der Waals surface area (Å²) in [7, 11) is 0. The van der Waals surface area contributed by atoms with Crippen molar-refractivity contribution in [1.82, 2.24) is 0 Å². The number of ether oxygens (including phenoxy) is 1. The van der Waals surface area contributed by atoms with Crippen molar-refractivity contribution in [3.8, 4) is 5.75 Å². The summed E-state index contributed by atoms with van der Waals surface area (Å²) in [6.07, 6.45) is -3.40. The first-order valence-corrected chi connectivity index (χ1v) is 6.95. The van der Waals surface area contributed by atoms with E-state index >= 15 is 0 Å². The van der Waals surface area contributed by atoms with E-state index in [0.717, 1.165) is 10.8 Å². The van der Waals surface area contributed by atoms with E-state index in [2.05, 4.69) is 0 Å². The second kappa shape index (κ2) is 5.61. The third kappa shape index (κ3) is 2.49. The molecule has 2 aromatic carbocycles. The Balaban J connectivity index is 2.06. The third-order valence-corrected chi connectivity index (χ3v) is 4.02. The van der Waals surface area contributed by atoms with E-state index in [1.807, 2.05) is 30.3 Å². The van der Waals surface area contributed by atoms with Gasteiger partial charge in [-0.15, -0.1) is 0 Å². The highest BCUT2D eigenvalue weighted by atomic mass is 16.5. The van der Waals surface area contributed by atoms with Crippen LogP contribution in [-0.4, -0.2) is 45.3 Å². The van der Waals surface area contributed by atoms with Crippen molar-refractivity contribution in [3.63, 3.8) is 0 Å². The van der Waals surface area contributed by atoms with Gasteiger partial charge in [-0.2, -0.15) is 0 Å². The lowest BCUT2D eigenvalue weighted by atomic mass is 9.91. The Labute approximate surface area is 122 Å². The summed E-state index contributed by atoms with van der Waals surface area (Å²) < 4.78 is 5.67. The average Bonchev–Trinajstić information content (AvgIpc) is 2.50. The number of aliphatic hydroxyl groups is 3. The monoisotopic (exact) mass is 290 g/mol. The molecule has 2 aromatic rings. The molecule has 0 aromatic heterocycles. The Morgan fingerprint density at radius 3 is 2.62 bits per heavy atom. The molecule has 0 spiro atoms. The second-order valence-electron chi connectivity index (χ2n) is 5.36. The van der Waals surface area contributed by atoms with Crippen molar-refractivity contribution in [2.24, 2.45) is 0 Å². The Hall–Kier alpha value is -1.66. The standard InChI is InChI=1S/C16H18O5/c17-8-14-16(20)12(19)7-13(21-14)15-10-4-2-1-3-9(10)5-6-11(15)18/h1-6,12-14,16-20H,7-8H2/t12-,13?,14?,16+/m1/s1. The Bertz CT molecular complexity index is 642. The minimum Gasteiger partial charge on any atom is -0.508 e. The van der Waals surface area contributed by atoms with Crippen molar-refractivity contribution in [1.29, 1.82) is 0 Å². The number of hydrogen-bond donors (Lipinski definition) is 4. The molecule has 1 aliphatic heterocycles. The number of hydrogen-bond acceptors (Lipinski definition) is 5. The predicted molar refractivity (Wildman–Crippen MR) is 76.9 cm³/mol. The fourth-order valence-electron chi connectivity index (χ4n) is 2.91. The minimum atomic E-state index is -1.12. The third-order valence-electron chi connectivity index (χ3n) is 4.02. The van der Waals surface area contributed by atoms with E-state index in [1.54, 1.807) is 6.07 Å². The maximum absolute atomic E-state index is 10.2. The van der Waals surface area contributed by atoms with Crippen LogP contribution in [-0.2, 0) is 4.74 Å². The quantitative estimate of drug-likeness (QED) is 0.665. The van der Waals surface area contributed by atoms with E-state index in [0.29, 0.717) is 5.56 Å². The van der Waals surface area contributed by atoms with Gasteiger partial charge >= 0.3 is 0 Å². The van der Waals surface area contributed by atoms with Gasteiger partial charge in [-0.25, -0.2) is 0 Å². The molecule has 1 fully saturated rings. The van der Waals surface area contributed by atoms with Gasteiger partial charge in [0.1, 0.15) is 18.0 Å². The fourth-order valence-corrected chi connectivity index (χ4v) is 2.91. The van der Waals surface area contributed by atoms with Gasteiger partial charge in [-0.05, 0) is 16.8 Å². The van der Waals surface area contributed by atoms with Crippen molar-refractivity contribution >= 4 is 10.8 Å². The zero-order chi connectivity index (χ0) is 15.0. The van der Waals surface area contributed by atoms with E-state index in [-0.39, 0.29) is 18.8 Å². The molecule has 112 valence electrons. The maximum Gasteiger partial charge on any atom is 0.122 e. The van der Waals surface area contributed by atoms with Gasteiger partial charge in [0.05, 0.1) is 18.8 Å². The summed E-state index contributed by atoms with van der Waals surface area (Å²) in [6, 6.07) is 11.0. The molecule has 3 rings (SSSR count). The molecule has 5 heteroatoms. The Morgan fingerprint density at radius 1 is 1.10 bits per heavy atom. The molecule has 0 amide bonds. The van der Waals surface area contributed by atoms with Crippen molar-refractivity contribution in [3.05, 3.63) is 42.0 Å². The number of phenols is 1. The average molecular weight is 290 g/mol. The van der Waals surface area contributed by atoms with E-state index in [1.165, 1.54) is 0 Å². The smallest absolute Gasteiger partial charge is 0.122 e. The van der Waals surface area contributed by atoms with Gasteiger partial charge in [-0.3, -0.25) is 0 Å². The molecule has 1 aliphatic rings. The normalized spacial score (nSPS) is 29.7. The molecule has 21 heavy (non-hydrogen) atoms. The van der Waals surface area contributed by atoms with Gasteiger partial charge in [0.2, 0.25) is 0 Å². The van der Waals surface area contributed by atoms with E-state index in [9.17, 15) is 20.4 Å². The van der Waals surface area contributed by atoms with Crippen LogP contribution in [0.15, 0.2) is 36.4 Å². The number of aliphatic hydroxyl groups excluding tert-OH is 3. The largest absolute Gasteiger partial charge is 0.508 e. The van der Waals surface area contributed by atoms with Gasteiger partial charge < -0.3 is 25.2 Å². The first-order chi connectivity index (χ1) is 10.1. The van der Waals surface area contributed by atoms with Crippen LogP contribution in [0.5, 0.6) is 5.75 Å². The molecule has 1 saturated heterocycles. The molecular weight excluding hydrogens is 272 g/mol. The van der Waals surface area contributed by atoms with Gasteiger partial charge in [0.15, 0.2) is 0 Å². The highest BCUT2D eigenvalue weighted by molar-refractivity contribution is 5.88.